The van der Waals surface area contributed by atoms with E-state index < -0.39 is 15.9 Å². The molecule has 0 unspecified atom stereocenters. The second kappa shape index (κ2) is 17.5. The largest absolute Gasteiger partial charge is 0.357 e. The molecule has 0 aliphatic heterocycles. The molecule has 0 aromatic carbocycles. The summed E-state index contributed by atoms with van der Waals surface area (Å²) in [6.07, 6.45) is 20.5. The third kappa shape index (κ3) is 17.9. The standard InChI is InChI=1S/C20H40N2O3S/c1-2-3-4-5-6-7-8-9-10-11-12-13-14-15-16-17-20(23)22-26(24,25)19-18-21/h9-10H,2-8,11-19,21H2,1H3,(H,22,23)/p+1/b10-9-. The second-order valence-electron chi connectivity index (χ2n) is 7.03. The molecule has 154 valence electrons. The average Bonchev–Trinajstić information content (AvgIpc) is 2.57. The van der Waals surface area contributed by atoms with Crippen molar-refractivity contribution in [3.8, 4) is 0 Å². The van der Waals surface area contributed by atoms with Crippen molar-refractivity contribution < 1.29 is 18.9 Å². The molecule has 4 N–H and O–H groups in total. The van der Waals surface area contributed by atoms with Gasteiger partial charge in [-0.3, -0.25) is 9.52 Å². The van der Waals surface area contributed by atoms with Crippen LogP contribution in [0.25, 0.3) is 0 Å². The third-order valence-electron chi connectivity index (χ3n) is 4.35. The normalized spacial score (nSPS) is 11.9. The van der Waals surface area contributed by atoms with Crippen molar-refractivity contribution in [3.05, 3.63) is 12.2 Å². The monoisotopic (exact) mass is 389 g/mol. The number of carbonyl (C=O) groups is 1. The summed E-state index contributed by atoms with van der Waals surface area (Å²) in [5.74, 6) is -0.485. The number of sulfonamides is 1. The van der Waals surface area contributed by atoms with Crippen LogP contribution in [0.3, 0.4) is 0 Å². The molecule has 1 amide bonds. The molecule has 0 heterocycles. The highest BCUT2D eigenvalue weighted by Gasteiger charge is 2.13. The maximum absolute atomic E-state index is 11.5. The van der Waals surface area contributed by atoms with Crippen molar-refractivity contribution >= 4 is 15.9 Å². The minimum Gasteiger partial charge on any atom is -0.357 e. The summed E-state index contributed by atoms with van der Waals surface area (Å²) in [6.45, 7) is 2.52. The minimum atomic E-state index is -3.47. The van der Waals surface area contributed by atoms with Gasteiger partial charge in [0.15, 0.2) is 0 Å². The molecular weight excluding hydrogens is 348 g/mol. The summed E-state index contributed by atoms with van der Waals surface area (Å²) < 4.78 is 24.9. The molecule has 0 aromatic rings. The first kappa shape index (κ1) is 25.1. The number of amides is 1. The van der Waals surface area contributed by atoms with E-state index in [9.17, 15) is 13.2 Å². The Kier molecular flexibility index (Phi) is 16.9. The molecule has 26 heavy (non-hydrogen) atoms. The van der Waals surface area contributed by atoms with E-state index in [1.807, 2.05) is 0 Å². The van der Waals surface area contributed by atoms with Crippen LogP contribution in [0.15, 0.2) is 12.2 Å². The van der Waals surface area contributed by atoms with Crippen molar-refractivity contribution in [2.75, 3.05) is 12.3 Å². The Morgan fingerprint density at radius 1 is 0.846 bits per heavy atom. The number of hydrogen-bond acceptors (Lipinski definition) is 3. The van der Waals surface area contributed by atoms with Crippen LogP contribution < -0.4 is 10.5 Å². The Morgan fingerprint density at radius 2 is 1.35 bits per heavy atom. The zero-order valence-electron chi connectivity index (χ0n) is 16.8. The molecule has 0 rings (SSSR count). The van der Waals surface area contributed by atoms with Gasteiger partial charge >= 0.3 is 0 Å². The SMILES string of the molecule is CCCCCCCC/C=C\CCCCCCCC(=O)NS(=O)(=O)CC[NH3+]. The maximum Gasteiger partial charge on any atom is 0.240 e. The summed E-state index contributed by atoms with van der Waals surface area (Å²) in [5, 5.41) is 0. The lowest BCUT2D eigenvalue weighted by atomic mass is 10.1. The van der Waals surface area contributed by atoms with Crippen LogP contribution in [-0.4, -0.2) is 26.6 Å². The Labute approximate surface area is 161 Å². The molecule has 0 aliphatic carbocycles. The number of hydrogen-bond donors (Lipinski definition) is 2. The average molecular weight is 390 g/mol. The van der Waals surface area contributed by atoms with Crippen molar-refractivity contribution in [2.24, 2.45) is 0 Å². The van der Waals surface area contributed by atoms with Crippen LogP contribution in [0.2, 0.25) is 0 Å². The van der Waals surface area contributed by atoms with Gasteiger partial charge in [0.05, 0.1) is 6.54 Å². The fraction of sp³-hybridized carbons (Fsp3) is 0.850. The predicted molar refractivity (Wildman–Crippen MR) is 109 cm³/mol. The second-order valence-corrected chi connectivity index (χ2v) is 8.87. The Morgan fingerprint density at radius 3 is 1.88 bits per heavy atom. The highest BCUT2D eigenvalue weighted by atomic mass is 32.2. The first-order valence-electron chi connectivity index (χ1n) is 10.5. The van der Waals surface area contributed by atoms with Gasteiger partial charge in [0.2, 0.25) is 15.9 Å². The van der Waals surface area contributed by atoms with Crippen molar-refractivity contribution in [1.82, 2.24) is 4.72 Å². The van der Waals surface area contributed by atoms with E-state index in [-0.39, 0.29) is 18.7 Å². The lowest BCUT2D eigenvalue weighted by Crippen LogP contribution is -2.54. The van der Waals surface area contributed by atoms with Gasteiger partial charge < -0.3 is 5.73 Å². The van der Waals surface area contributed by atoms with Gasteiger partial charge in [0.25, 0.3) is 0 Å². The van der Waals surface area contributed by atoms with Gasteiger partial charge in [-0.25, -0.2) is 8.42 Å². The Hall–Kier alpha value is -0.880. The zero-order chi connectivity index (χ0) is 19.5. The van der Waals surface area contributed by atoms with Crippen LogP contribution in [0, 0.1) is 0 Å². The molecule has 0 saturated heterocycles. The topological polar surface area (TPSA) is 90.9 Å². The van der Waals surface area contributed by atoms with E-state index >= 15 is 0 Å². The number of unbranched alkanes of at least 4 members (excludes halogenated alkanes) is 11. The summed E-state index contributed by atoms with van der Waals surface area (Å²) >= 11 is 0. The molecule has 6 heteroatoms. The number of quaternary nitrogens is 1. The smallest absolute Gasteiger partial charge is 0.240 e. The molecule has 0 saturated carbocycles. The quantitative estimate of drug-likeness (QED) is 0.276. The number of nitrogens with one attached hydrogen (secondary N) is 1. The fourth-order valence-corrected chi connectivity index (χ4v) is 3.75. The van der Waals surface area contributed by atoms with Gasteiger partial charge in [-0.05, 0) is 32.1 Å². The van der Waals surface area contributed by atoms with E-state index in [2.05, 4.69) is 29.5 Å². The number of carbonyl (C=O) groups excluding carboxylic acids is 1. The molecule has 0 fully saturated rings. The van der Waals surface area contributed by atoms with Crippen molar-refractivity contribution in [2.45, 2.75) is 96.8 Å². The predicted octanol–water partition coefficient (Wildman–Crippen LogP) is 3.71. The highest BCUT2D eigenvalue weighted by molar-refractivity contribution is 7.90. The number of rotatable bonds is 18. The van der Waals surface area contributed by atoms with E-state index in [0.717, 1.165) is 25.7 Å². The Bertz CT molecular complexity index is 462. The fourth-order valence-electron chi connectivity index (χ4n) is 2.82. The van der Waals surface area contributed by atoms with E-state index in [0.29, 0.717) is 0 Å². The van der Waals surface area contributed by atoms with Gasteiger partial charge in [0.1, 0.15) is 5.75 Å². The molecule has 0 atom stereocenters. The molecular formula is C20H41N2O3S+. The molecule has 5 nitrogen and oxygen atoms in total. The molecule has 0 radical (unpaired) electrons. The van der Waals surface area contributed by atoms with Crippen LogP contribution in [0.4, 0.5) is 0 Å². The lowest BCUT2D eigenvalue weighted by Gasteiger charge is -2.05. The van der Waals surface area contributed by atoms with E-state index in [1.54, 1.807) is 0 Å². The summed E-state index contributed by atoms with van der Waals surface area (Å²) in [7, 11) is -3.47. The van der Waals surface area contributed by atoms with Crippen molar-refractivity contribution in [3.63, 3.8) is 0 Å². The van der Waals surface area contributed by atoms with Crippen LogP contribution in [0.1, 0.15) is 96.8 Å². The van der Waals surface area contributed by atoms with Gasteiger partial charge in [-0.15, -0.1) is 0 Å². The third-order valence-corrected chi connectivity index (χ3v) is 5.71. The molecule has 0 aromatic heterocycles. The molecule has 0 bridgehead atoms. The van der Waals surface area contributed by atoms with Gasteiger partial charge in [0, 0.05) is 6.42 Å². The molecule has 0 spiro atoms. The first-order chi connectivity index (χ1) is 12.5. The van der Waals surface area contributed by atoms with Gasteiger partial charge in [-0.1, -0.05) is 70.4 Å². The summed E-state index contributed by atoms with van der Waals surface area (Å²) in [4.78, 5) is 11.5. The highest BCUT2D eigenvalue weighted by Crippen LogP contribution is 2.10. The van der Waals surface area contributed by atoms with Gasteiger partial charge in [-0.2, -0.15) is 0 Å². The zero-order valence-corrected chi connectivity index (χ0v) is 17.6. The number of allylic oxidation sites excluding steroid dienone is 2. The summed E-state index contributed by atoms with van der Waals surface area (Å²) in [6, 6.07) is 0. The first-order valence-corrected chi connectivity index (χ1v) is 12.1. The van der Waals surface area contributed by atoms with Crippen LogP contribution >= 0.6 is 0 Å². The van der Waals surface area contributed by atoms with E-state index in [1.165, 1.54) is 57.8 Å². The minimum absolute atomic E-state index is 0.0921. The molecule has 0 aliphatic rings. The Balaban J connectivity index is 3.38. The lowest BCUT2D eigenvalue weighted by molar-refractivity contribution is -0.360. The van der Waals surface area contributed by atoms with Crippen LogP contribution in [-0.2, 0) is 14.8 Å². The van der Waals surface area contributed by atoms with E-state index in [4.69, 9.17) is 0 Å². The summed E-state index contributed by atoms with van der Waals surface area (Å²) in [5.41, 5.74) is 3.49. The van der Waals surface area contributed by atoms with Crippen LogP contribution in [0.5, 0.6) is 0 Å². The van der Waals surface area contributed by atoms with Crippen molar-refractivity contribution in [1.29, 1.82) is 0 Å². The maximum atomic E-state index is 11.5.